The van der Waals surface area contributed by atoms with Crippen LogP contribution in [-0.4, -0.2) is 24.0 Å². The van der Waals surface area contributed by atoms with Crippen LogP contribution in [0, 0.1) is 5.41 Å². The van der Waals surface area contributed by atoms with Crippen molar-refractivity contribution in [2.75, 3.05) is 13.1 Å². The highest BCUT2D eigenvalue weighted by molar-refractivity contribution is 5.93. The van der Waals surface area contributed by atoms with Crippen LogP contribution in [-0.2, 0) is 0 Å². The molecule has 1 aliphatic rings. The molecule has 0 aliphatic heterocycles. The number of aromatic nitrogens is 1. The molecule has 1 amide bonds. The van der Waals surface area contributed by atoms with Crippen LogP contribution in [0.3, 0.4) is 0 Å². The zero-order valence-corrected chi connectivity index (χ0v) is 8.95. The first-order chi connectivity index (χ1) is 7.65. The van der Waals surface area contributed by atoms with E-state index in [0.717, 1.165) is 12.8 Å². The number of aromatic amines is 1. The lowest BCUT2D eigenvalue weighted by Gasteiger charge is -2.12. The molecule has 0 spiro atoms. The number of hydrogen-bond acceptors (Lipinski definition) is 3. The average Bonchev–Trinajstić information content (AvgIpc) is 3.07. The van der Waals surface area contributed by atoms with Crippen LogP contribution < -0.4 is 16.6 Å². The molecule has 0 atom stereocenters. The highest BCUT2D eigenvalue weighted by atomic mass is 16.2. The van der Waals surface area contributed by atoms with Crippen LogP contribution in [0.4, 0.5) is 0 Å². The van der Waals surface area contributed by atoms with Crippen molar-refractivity contribution in [3.05, 3.63) is 34.2 Å². The van der Waals surface area contributed by atoms with Crippen LogP contribution in [0.2, 0.25) is 0 Å². The minimum absolute atomic E-state index is 0.108. The Labute approximate surface area is 93.0 Å². The summed E-state index contributed by atoms with van der Waals surface area (Å²) in [5.74, 6) is -0.217. The maximum Gasteiger partial charge on any atom is 0.251 e. The van der Waals surface area contributed by atoms with Crippen LogP contribution >= 0.6 is 0 Å². The first kappa shape index (κ1) is 10.9. The molecule has 1 fully saturated rings. The molecule has 0 radical (unpaired) electrons. The maximum atomic E-state index is 11.7. The van der Waals surface area contributed by atoms with Crippen molar-refractivity contribution in [2.24, 2.45) is 11.1 Å². The van der Waals surface area contributed by atoms with Crippen LogP contribution in [0.25, 0.3) is 0 Å². The van der Waals surface area contributed by atoms with Gasteiger partial charge < -0.3 is 16.0 Å². The van der Waals surface area contributed by atoms with Gasteiger partial charge in [-0.25, -0.2) is 0 Å². The van der Waals surface area contributed by atoms with Gasteiger partial charge in [0.2, 0.25) is 5.56 Å². The van der Waals surface area contributed by atoms with Crippen molar-refractivity contribution in [1.82, 2.24) is 10.3 Å². The largest absolute Gasteiger partial charge is 0.351 e. The molecule has 5 nitrogen and oxygen atoms in total. The van der Waals surface area contributed by atoms with Crippen LogP contribution in [0.5, 0.6) is 0 Å². The lowest BCUT2D eigenvalue weighted by molar-refractivity contribution is 0.0945. The number of carbonyl (C=O) groups is 1. The Morgan fingerprint density at radius 3 is 2.88 bits per heavy atom. The Kier molecular flexibility index (Phi) is 2.78. The molecule has 1 aromatic rings. The fraction of sp³-hybridized carbons (Fsp3) is 0.455. The van der Waals surface area contributed by atoms with Gasteiger partial charge in [-0.05, 0) is 25.5 Å². The van der Waals surface area contributed by atoms with Crippen molar-refractivity contribution in [1.29, 1.82) is 0 Å². The fourth-order valence-electron chi connectivity index (χ4n) is 1.59. The molecule has 4 N–H and O–H groups in total. The molecule has 16 heavy (non-hydrogen) atoms. The monoisotopic (exact) mass is 221 g/mol. The van der Waals surface area contributed by atoms with Gasteiger partial charge >= 0.3 is 0 Å². The van der Waals surface area contributed by atoms with Gasteiger partial charge in [-0.1, -0.05) is 0 Å². The number of H-pyrrole nitrogens is 1. The summed E-state index contributed by atoms with van der Waals surface area (Å²) in [6, 6.07) is 2.87. The van der Waals surface area contributed by atoms with Gasteiger partial charge in [-0.2, -0.15) is 0 Å². The number of nitrogens with one attached hydrogen (secondary N) is 2. The molecule has 86 valence electrons. The second-order valence-corrected chi connectivity index (χ2v) is 4.33. The topological polar surface area (TPSA) is 88.0 Å². The Balaban J connectivity index is 1.96. The van der Waals surface area contributed by atoms with E-state index in [0.29, 0.717) is 18.7 Å². The van der Waals surface area contributed by atoms with Crippen molar-refractivity contribution >= 4 is 5.91 Å². The third kappa shape index (κ3) is 2.30. The van der Waals surface area contributed by atoms with Gasteiger partial charge in [0.25, 0.3) is 5.91 Å². The van der Waals surface area contributed by atoms with Gasteiger partial charge in [0.05, 0.1) is 0 Å². The SMILES string of the molecule is NCC1(CNC(=O)c2cc[nH]c(=O)c2)CC1. The Bertz CT molecular complexity index is 449. The molecule has 5 heteroatoms. The van der Waals surface area contributed by atoms with E-state index >= 15 is 0 Å². The van der Waals surface area contributed by atoms with E-state index < -0.39 is 0 Å². The third-order valence-corrected chi connectivity index (χ3v) is 3.05. The van der Waals surface area contributed by atoms with Gasteiger partial charge in [-0.15, -0.1) is 0 Å². The van der Waals surface area contributed by atoms with E-state index in [4.69, 9.17) is 5.73 Å². The van der Waals surface area contributed by atoms with Crippen molar-refractivity contribution in [3.8, 4) is 0 Å². The number of amides is 1. The van der Waals surface area contributed by atoms with E-state index in [9.17, 15) is 9.59 Å². The zero-order chi connectivity index (χ0) is 11.6. The molecule has 1 saturated carbocycles. The zero-order valence-electron chi connectivity index (χ0n) is 8.95. The highest BCUT2D eigenvalue weighted by Gasteiger charge is 2.41. The molecule has 1 aliphatic carbocycles. The summed E-state index contributed by atoms with van der Waals surface area (Å²) in [5.41, 5.74) is 5.83. The van der Waals surface area contributed by atoms with E-state index in [2.05, 4.69) is 10.3 Å². The Morgan fingerprint density at radius 2 is 2.31 bits per heavy atom. The van der Waals surface area contributed by atoms with E-state index in [1.54, 1.807) is 6.07 Å². The molecule has 1 aromatic heterocycles. The summed E-state index contributed by atoms with van der Waals surface area (Å²) >= 11 is 0. The number of rotatable bonds is 4. The van der Waals surface area contributed by atoms with E-state index in [1.165, 1.54) is 12.3 Å². The Morgan fingerprint density at radius 1 is 1.56 bits per heavy atom. The van der Waals surface area contributed by atoms with Crippen molar-refractivity contribution in [2.45, 2.75) is 12.8 Å². The predicted molar refractivity (Wildman–Crippen MR) is 60.1 cm³/mol. The summed E-state index contributed by atoms with van der Waals surface area (Å²) in [4.78, 5) is 25.2. The van der Waals surface area contributed by atoms with Gasteiger partial charge in [0, 0.05) is 29.8 Å². The van der Waals surface area contributed by atoms with Crippen LogP contribution in [0.15, 0.2) is 23.1 Å². The quantitative estimate of drug-likeness (QED) is 0.660. The smallest absolute Gasteiger partial charge is 0.251 e. The number of carbonyl (C=O) groups excluding carboxylic acids is 1. The van der Waals surface area contributed by atoms with E-state index in [-0.39, 0.29) is 16.9 Å². The Hall–Kier alpha value is -1.62. The summed E-state index contributed by atoms with van der Waals surface area (Å²) in [6.07, 6.45) is 3.60. The van der Waals surface area contributed by atoms with Gasteiger partial charge in [0.15, 0.2) is 0 Å². The molecular weight excluding hydrogens is 206 g/mol. The minimum Gasteiger partial charge on any atom is -0.351 e. The average molecular weight is 221 g/mol. The molecule has 0 bridgehead atoms. The fourth-order valence-corrected chi connectivity index (χ4v) is 1.59. The summed E-state index contributed by atoms with van der Waals surface area (Å²) in [7, 11) is 0. The third-order valence-electron chi connectivity index (χ3n) is 3.05. The number of hydrogen-bond donors (Lipinski definition) is 3. The lowest BCUT2D eigenvalue weighted by atomic mass is 10.1. The molecule has 0 saturated heterocycles. The second kappa shape index (κ2) is 4.09. The first-order valence-corrected chi connectivity index (χ1v) is 5.32. The predicted octanol–water partition coefficient (Wildman–Crippen LogP) is -0.156. The highest BCUT2D eigenvalue weighted by Crippen LogP contribution is 2.43. The maximum absolute atomic E-state index is 11.7. The molecule has 0 unspecified atom stereocenters. The van der Waals surface area contributed by atoms with Crippen molar-refractivity contribution in [3.63, 3.8) is 0 Å². The second-order valence-electron chi connectivity index (χ2n) is 4.33. The summed E-state index contributed by atoms with van der Waals surface area (Å²) in [5, 5.41) is 2.81. The minimum atomic E-state index is -0.271. The van der Waals surface area contributed by atoms with Gasteiger partial charge in [0.1, 0.15) is 0 Å². The normalized spacial score (nSPS) is 16.8. The number of pyridine rings is 1. The summed E-state index contributed by atoms with van der Waals surface area (Å²) in [6.45, 7) is 1.19. The molecule has 1 heterocycles. The molecular formula is C11H15N3O2. The number of nitrogens with two attached hydrogens (primary N) is 1. The standard InChI is InChI=1S/C11H15N3O2/c12-6-11(2-3-11)7-14-10(16)8-1-4-13-9(15)5-8/h1,4-5H,2-3,6-7,12H2,(H,13,15)(H,14,16). The molecule has 2 rings (SSSR count). The van der Waals surface area contributed by atoms with Gasteiger partial charge in [-0.3, -0.25) is 9.59 Å². The lowest BCUT2D eigenvalue weighted by Crippen LogP contribution is -2.34. The first-order valence-electron chi connectivity index (χ1n) is 5.32. The van der Waals surface area contributed by atoms with E-state index in [1.807, 2.05) is 0 Å². The van der Waals surface area contributed by atoms with Crippen molar-refractivity contribution < 1.29 is 4.79 Å². The van der Waals surface area contributed by atoms with Crippen LogP contribution in [0.1, 0.15) is 23.2 Å². The summed E-state index contributed by atoms with van der Waals surface area (Å²) < 4.78 is 0. The molecule has 0 aromatic carbocycles.